The van der Waals surface area contributed by atoms with Crippen molar-refractivity contribution in [1.82, 2.24) is 9.21 Å². The van der Waals surface area contributed by atoms with Crippen molar-refractivity contribution in [2.75, 3.05) is 33.8 Å². The summed E-state index contributed by atoms with van der Waals surface area (Å²) in [6.45, 7) is 0.279. The molecule has 8 heteroatoms. The Morgan fingerprint density at radius 2 is 1.81 bits per heavy atom. The van der Waals surface area contributed by atoms with E-state index >= 15 is 0 Å². The van der Waals surface area contributed by atoms with Crippen LogP contribution in [0.15, 0.2) is 23.1 Å². The van der Waals surface area contributed by atoms with Gasteiger partial charge in [0.15, 0.2) is 6.61 Å². The number of amides is 1. The number of aryl methyl sites for hydroxylation is 2. The molecule has 3 rings (SSSR count). The standard InChI is InChI=1S/C19H26N2O5S/c1-20(2)18(22)13-26-19(23)15-8-10-21(11-9-15)27(24,25)17-7-6-14-4-3-5-16(14)12-17/h6-7,12,15H,3-5,8-11,13H2,1-2H3. The van der Waals surface area contributed by atoms with Crippen molar-refractivity contribution in [3.8, 4) is 0 Å². The van der Waals surface area contributed by atoms with Crippen molar-refractivity contribution in [3.63, 3.8) is 0 Å². The van der Waals surface area contributed by atoms with Crippen LogP contribution in [0.3, 0.4) is 0 Å². The van der Waals surface area contributed by atoms with Crippen molar-refractivity contribution in [1.29, 1.82) is 0 Å². The number of carbonyl (C=O) groups excluding carboxylic acids is 2. The van der Waals surface area contributed by atoms with E-state index in [0.29, 0.717) is 17.7 Å². The Balaban J connectivity index is 1.58. The summed E-state index contributed by atoms with van der Waals surface area (Å²) in [5.74, 6) is -1.08. The first-order chi connectivity index (χ1) is 12.8. The Morgan fingerprint density at radius 3 is 2.48 bits per heavy atom. The molecule has 1 amide bonds. The monoisotopic (exact) mass is 394 g/mol. The summed E-state index contributed by atoms with van der Waals surface area (Å²) in [7, 11) is -0.358. The first-order valence-electron chi connectivity index (χ1n) is 9.28. The number of fused-ring (bicyclic) bond motifs is 1. The average Bonchev–Trinajstić information content (AvgIpc) is 3.13. The van der Waals surface area contributed by atoms with Gasteiger partial charge in [-0.15, -0.1) is 0 Å². The van der Waals surface area contributed by atoms with Crippen molar-refractivity contribution >= 4 is 21.9 Å². The predicted molar refractivity (Wildman–Crippen MR) is 99.6 cm³/mol. The summed E-state index contributed by atoms with van der Waals surface area (Å²) in [6.07, 6.45) is 3.82. The molecule has 1 saturated heterocycles. The molecule has 1 aliphatic carbocycles. The lowest BCUT2D eigenvalue weighted by Gasteiger charge is -2.30. The fraction of sp³-hybridized carbons (Fsp3) is 0.579. The summed E-state index contributed by atoms with van der Waals surface area (Å²) in [5, 5.41) is 0. The van der Waals surface area contributed by atoms with Crippen LogP contribution < -0.4 is 0 Å². The van der Waals surface area contributed by atoms with E-state index in [9.17, 15) is 18.0 Å². The first-order valence-corrected chi connectivity index (χ1v) is 10.7. The molecule has 1 aromatic carbocycles. The zero-order valence-electron chi connectivity index (χ0n) is 15.8. The van der Waals surface area contributed by atoms with E-state index in [4.69, 9.17) is 4.74 Å². The van der Waals surface area contributed by atoms with Gasteiger partial charge in [-0.25, -0.2) is 8.42 Å². The number of benzene rings is 1. The number of hydrogen-bond acceptors (Lipinski definition) is 5. The Hall–Kier alpha value is -1.93. The number of carbonyl (C=O) groups is 2. The second-order valence-corrected chi connectivity index (χ2v) is 9.30. The SMILES string of the molecule is CN(C)C(=O)COC(=O)C1CCN(S(=O)(=O)c2ccc3c(c2)CCC3)CC1. The fourth-order valence-corrected chi connectivity index (χ4v) is 5.09. The zero-order chi connectivity index (χ0) is 19.6. The molecule has 0 saturated carbocycles. The van der Waals surface area contributed by atoms with Gasteiger partial charge < -0.3 is 9.64 Å². The summed E-state index contributed by atoms with van der Waals surface area (Å²) in [5.41, 5.74) is 2.36. The molecule has 1 aliphatic heterocycles. The number of hydrogen-bond donors (Lipinski definition) is 0. The third-order valence-corrected chi connectivity index (χ3v) is 7.23. The molecule has 0 bridgehead atoms. The average molecular weight is 394 g/mol. The molecule has 148 valence electrons. The van der Waals surface area contributed by atoms with Crippen LogP contribution in [0.1, 0.15) is 30.4 Å². The lowest BCUT2D eigenvalue weighted by atomic mass is 9.98. The Bertz CT molecular complexity index is 827. The quantitative estimate of drug-likeness (QED) is 0.701. The Labute approximate surface area is 160 Å². The minimum Gasteiger partial charge on any atom is -0.455 e. The van der Waals surface area contributed by atoms with E-state index in [1.165, 1.54) is 14.8 Å². The van der Waals surface area contributed by atoms with Crippen LogP contribution in [0.5, 0.6) is 0 Å². The zero-order valence-corrected chi connectivity index (χ0v) is 16.6. The third-order valence-electron chi connectivity index (χ3n) is 5.33. The van der Waals surface area contributed by atoms with Crippen LogP contribution in [0.25, 0.3) is 0 Å². The summed E-state index contributed by atoms with van der Waals surface area (Å²) < 4.78 is 32.3. The molecular formula is C19H26N2O5S. The lowest BCUT2D eigenvalue weighted by molar-refractivity contribution is -0.155. The van der Waals surface area contributed by atoms with E-state index in [0.717, 1.165) is 24.8 Å². The Kier molecular flexibility index (Phi) is 5.86. The molecule has 0 aromatic heterocycles. The lowest BCUT2D eigenvalue weighted by Crippen LogP contribution is -2.41. The number of likely N-dealkylation sites (N-methyl/N-ethyl adjacent to an activating group) is 1. The summed E-state index contributed by atoms with van der Waals surface area (Å²) in [6, 6.07) is 5.40. The maximum atomic E-state index is 12.9. The van der Waals surface area contributed by atoms with E-state index in [1.807, 2.05) is 6.07 Å². The minimum absolute atomic E-state index is 0.278. The maximum absolute atomic E-state index is 12.9. The number of rotatable bonds is 5. The first kappa shape index (κ1) is 19.8. The van der Waals surface area contributed by atoms with Gasteiger partial charge in [0.25, 0.3) is 5.91 Å². The van der Waals surface area contributed by atoms with Crippen LogP contribution in [0.4, 0.5) is 0 Å². The fourth-order valence-electron chi connectivity index (χ4n) is 3.57. The van der Waals surface area contributed by atoms with Gasteiger partial charge in [-0.3, -0.25) is 9.59 Å². The molecule has 2 aliphatic rings. The molecular weight excluding hydrogens is 368 g/mol. The molecule has 1 aromatic rings. The molecule has 0 spiro atoms. The summed E-state index contributed by atoms with van der Waals surface area (Å²) >= 11 is 0. The highest BCUT2D eigenvalue weighted by Crippen LogP contribution is 2.28. The van der Waals surface area contributed by atoms with Crippen LogP contribution in [0, 0.1) is 5.92 Å². The number of esters is 1. The number of nitrogens with zero attached hydrogens (tertiary/aromatic N) is 2. The second kappa shape index (κ2) is 7.98. The third kappa shape index (κ3) is 4.32. The van der Waals surface area contributed by atoms with Crippen molar-refractivity contribution in [3.05, 3.63) is 29.3 Å². The largest absolute Gasteiger partial charge is 0.455 e. The van der Waals surface area contributed by atoms with Crippen molar-refractivity contribution in [2.45, 2.75) is 37.0 Å². The van der Waals surface area contributed by atoms with Gasteiger partial charge in [-0.05, 0) is 55.4 Å². The molecule has 7 nitrogen and oxygen atoms in total. The number of ether oxygens (including phenoxy) is 1. The minimum atomic E-state index is -3.55. The van der Waals surface area contributed by atoms with Gasteiger partial charge >= 0.3 is 5.97 Å². The summed E-state index contributed by atoms with van der Waals surface area (Å²) in [4.78, 5) is 25.3. The molecule has 0 N–H and O–H groups in total. The van der Waals surface area contributed by atoms with Crippen LogP contribution >= 0.6 is 0 Å². The predicted octanol–water partition coefficient (Wildman–Crippen LogP) is 1.21. The van der Waals surface area contributed by atoms with Gasteiger partial charge in [-0.2, -0.15) is 4.31 Å². The molecule has 1 heterocycles. The van der Waals surface area contributed by atoms with Gasteiger partial charge in [0.2, 0.25) is 10.0 Å². The van der Waals surface area contributed by atoms with Gasteiger partial charge in [0, 0.05) is 27.2 Å². The van der Waals surface area contributed by atoms with Crippen LogP contribution in [-0.2, 0) is 37.2 Å². The van der Waals surface area contributed by atoms with Crippen LogP contribution in [-0.4, -0.2) is 63.3 Å². The highest BCUT2D eigenvalue weighted by Gasteiger charge is 2.33. The topological polar surface area (TPSA) is 84.0 Å². The van der Waals surface area contributed by atoms with E-state index in [-0.39, 0.29) is 31.5 Å². The maximum Gasteiger partial charge on any atom is 0.309 e. The van der Waals surface area contributed by atoms with Crippen molar-refractivity contribution in [2.24, 2.45) is 5.92 Å². The molecule has 0 unspecified atom stereocenters. The van der Waals surface area contributed by atoms with E-state index < -0.39 is 16.0 Å². The smallest absolute Gasteiger partial charge is 0.309 e. The van der Waals surface area contributed by atoms with E-state index in [1.54, 1.807) is 26.2 Å². The number of piperidine rings is 1. The molecule has 0 radical (unpaired) electrons. The van der Waals surface area contributed by atoms with E-state index in [2.05, 4.69) is 0 Å². The molecule has 27 heavy (non-hydrogen) atoms. The van der Waals surface area contributed by atoms with Gasteiger partial charge in [0.05, 0.1) is 10.8 Å². The van der Waals surface area contributed by atoms with Gasteiger partial charge in [0.1, 0.15) is 0 Å². The molecule has 1 fully saturated rings. The van der Waals surface area contributed by atoms with Crippen LogP contribution in [0.2, 0.25) is 0 Å². The second-order valence-electron chi connectivity index (χ2n) is 7.36. The highest BCUT2D eigenvalue weighted by molar-refractivity contribution is 7.89. The van der Waals surface area contributed by atoms with Gasteiger partial charge in [-0.1, -0.05) is 6.07 Å². The van der Waals surface area contributed by atoms with Crippen molar-refractivity contribution < 1.29 is 22.7 Å². The number of sulfonamides is 1. The Morgan fingerprint density at radius 1 is 1.15 bits per heavy atom. The normalized spacial score (nSPS) is 18.1. The molecule has 0 atom stereocenters. The highest BCUT2D eigenvalue weighted by atomic mass is 32.2.